The minimum Gasteiger partial charge on any atom is -0.461 e. The minimum absolute atomic E-state index is 0.00756. The molecule has 5 nitrogen and oxygen atoms in total. The molecule has 0 saturated heterocycles. The third-order valence-electron chi connectivity index (χ3n) is 2.77. The topological polar surface area (TPSA) is 67.4 Å². The van der Waals surface area contributed by atoms with Crippen LogP contribution >= 0.6 is 0 Å². The minimum atomic E-state index is -0.223. The van der Waals surface area contributed by atoms with Crippen molar-refractivity contribution >= 4 is 17.6 Å². The summed E-state index contributed by atoms with van der Waals surface area (Å²) >= 11 is 0. The number of rotatable bonds is 5. The molecule has 1 aromatic carbocycles. The first-order valence-corrected chi connectivity index (χ1v) is 5.91. The molecule has 1 heterocycles. The van der Waals surface area contributed by atoms with Crippen molar-refractivity contribution in [3.8, 4) is 0 Å². The second-order valence-corrected chi connectivity index (χ2v) is 4.23. The van der Waals surface area contributed by atoms with Crippen LogP contribution in [-0.4, -0.2) is 25.5 Å². The van der Waals surface area contributed by atoms with E-state index in [1.807, 2.05) is 18.2 Å². The summed E-state index contributed by atoms with van der Waals surface area (Å²) in [6.45, 7) is 0.867. The molecule has 0 aliphatic carbocycles. The van der Waals surface area contributed by atoms with Gasteiger partial charge in [0, 0.05) is 12.2 Å². The summed E-state index contributed by atoms with van der Waals surface area (Å²) in [5.41, 5.74) is 2.72. The standard InChI is InChI=1S/C13H16N2O3/c1-14-5-4-13(17)18-8-9-2-3-11-10(6-9)7-12(16)15-11/h2-3,6,14H,4-5,7-8H2,1H3,(H,15,16). The van der Waals surface area contributed by atoms with Crippen LogP contribution in [-0.2, 0) is 27.4 Å². The van der Waals surface area contributed by atoms with E-state index in [0.29, 0.717) is 19.4 Å². The molecular weight excluding hydrogens is 232 g/mol. The fraction of sp³-hybridized carbons (Fsp3) is 0.385. The SMILES string of the molecule is CNCCC(=O)OCc1ccc2c(c1)CC(=O)N2. The molecule has 0 spiro atoms. The summed E-state index contributed by atoms with van der Waals surface area (Å²) < 4.78 is 5.13. The van der Waals surface area contributed by atoms with Crippen LogP contribution in [0.5, 0.6) is 0 Å². The summed E-state index contributed by atoms with van der Waals surface area (Å²) in [6, 6.07) is 5.60. The number of esters is 1. The largest absolute Gasteiger partial charge is 0.461 e. The van der Waals surface area contributed by atoms with E-state index in [1.54, 1.807) is 7.05 Å². The van der Waals surface area contributed by atoms with Crippen LogP contribution < -0.4 is 10.6 Å². The molecule has 2 N–H and O–H groups in total. The Balaban J connectivity index is 1.89. The van der Waals surface area contributed by atoms with E-state index in [1.165, 1.54) is 0 Å². The van der Waals surface area contributed by atoms with E-state index < -0.39 is 0 Å². The molecular formula is C13H16N2O3. The van der Waals surface area contributed by atoms with Crippen molar-refractivity contribution in [2.24, 2.45) is 0 Å². The number of carbonyl (C=O) groups excluding carboxylic acids is 2. The molecule has 5 heteroatoms. The van der Waals surface area contributed by atoms with Gasteiger partial charge in [-0.05, 0) is 30.3 Å². The number of benzene rings is 1. The molecule has 0 unspecified atom stereocenters. The molecule has 2 rings (SSSR count). The number of hydrogen-bond donors (Lipinski definition) is 2. The smallest absolute Gasteiger partial charge is 0.307 e. The van der Waals surface area contributed by atoms with Gasteiger partial charge in [0.25, 0.3) is 0 Å². The van der Waals surface area contributed by atoms with Gasteiger partial charge in [-0.15, -0.1) is 0 Å². The molecule has 1 aliphatic rings. The molecule has 1 aromatic rings. The van der Waals surface area contributed by atoms with Crippen molar-refractivity contribution in [1.82, 2.24) is 5.32 Å². The van der Waals surface area contributed by atoms with Gasteiger partial charge in [-0.25, -0.2) is 0 Å². The fourth-order valence-electron chi connectivity index (χ4n) is 1.84. The first-order valence-electron chi connectivity index (χ1n) is 5.91. The summed E-state index contributed by atoms with van der Waals surface area (Å²) in [5, 5.41) is 5.65. The average molecular weight is 248 g/mol. The van der Waals surface area contributed by atoms with Crippen molar-refractivity contribution in [2.75, 3.05) is 18.9 Å². The number of fused-ring (bicyclic) bond motifs is 1. The Morgan fingerprint density at radius 1 is 1.50 bits per heavy atom. The number of nitrogens with one attached hydrogen (secondary N) is 2. The average Bonchev–Trinajstić information content (AvgIpc) is 2.73. The second-order valence-electron chi connectivity index (χ2n) is 4.23. The molecule has 18 heavy (non-hydrogen) atoms. The lowest BCUT2D eigenvalue weighted by Gasteiger charge is -2.06. The van der Waals surface area contributed by atoms with Gasteiger partial charge in [-0.1, -0.05) is 6.07 Å². The first-order chi connectivity index (χ1) is 8.69. The Labute approximate surface area is 106 Å². The van der Waals surface area contributed by atoms with E-state index in [4.69, 9.17) is 4.74 Å². The first kappa shape index (κ1) is 12.6. The van der Waals surface area contributed by atoms with Crippen molar-refractivity contribution < 1.29 is 14.3 Å². The monoisotopic (exact) mass is 248 g/mol. The van der Waals surface area contributed by atoms with Crippen LogP contribution in [0.4, 0.5) is 5.69 Å². The molecule has 0 atom stereocenters. The molecule has 0 fully saturated rings. The van der Waals surface area contributed by atoms with Crippen LogP contribution in [0.2, 0.25) is 0 Å². The highest BCUT2D eigenvalue weighted by molar-refractivity contribution is 5.99. The molecule has 0 saturated carbocycles. The molecule has 0 aromatic heterocycles. The fourth-order valence-corrected chi connectivity index (χ4v) is 1.84. The maximum atomic E-state index is 11.3. The van der Waals surface area contributed by atoms with Gasteiger partial charge >= 0.3 is 5.97 Å². The maximum absolute atomic E-state index is 11.3. The van der Waals surface area contributed by atoms with E-state index >= 15 is 0 Å². The zero-order chi connectivity index (χ0) is 13.0. The quantitative estimate of drug-likeness (QED) is 0.757. The number of hydrogen-bond acceptors (Lipinski definition) is 4. The van der Waals surface area contributed by atoms with Crippen molar-refractivity contribution in [3.63, 3.8) is 0 Å². The lowest BCUT2D eigenvalue weighted by Crippen LogP contribution is -2.14. The molecule has 0 bridgehead atoms. The van der Waals surface area contributed by atoms with E-state index in [2.05, 4.69) is 10.6 Å². The van der Waals surface area contributed by atoms with E-state index in [0.717, 1.165) is 16.8 Å². The summed E-state index contributed by atoms with van der Waals surface area (Å²) in [6.07, 6.45) is 0.762. The van der Waals surface area contributed by atoms with Crippen LogP contribution in [0.15, 0.2) is 18.2 Å². The van der Waals surface area contributed by atoms with Crippen molar-refractivity contribution in [3.05, 3.63) is 29.3 Å². The predicted octanol–water partition coefficient (Wildman–Crippen LogP) is 0.834. The number of anilines is 1. The summed E-state index contributed by atoms with van der Waals surface area (Å²) in [4.78, 5) is 22.5. The van der Waals surface area contributed by atoms with Crippen LogP contribution in [0, 0.1) is 0 Å². The van der Waals surface area contributed by atoms with Gasteiger partial charge in [-0.2, -0.15) is 0 Å². The highest BCUT2D eigenvalue weighted by atomic mass is 16.5. The normalized spacial score (nSPS) is 13.1. The highest BCUT2D eigenvalue weighted by Gasteiger charge is 2.17. The zero-order valence-corrected chi connectivity index (χ0v) is 10.3. The molecule has 96 valence electrons. The Morgan fingerprint density at radius 3 is 3.11 bits per heavy atom. The number of ether oxygens (including phenoxy) is 1. The summed E-state index contributed by atoms with van der Waals surface area (Å²) in [5.74, 6) is -0.216. The Morgan fingerprint density at radius 2 is 2.33 bits per heavy atom. The third-order valence-corrected chi connectivity index (χ3v) is 2.77. The van der Waals surface area contributed by atoms with Gasteiger partial charge in [0.1, 0.15) is 6.61 Å². The number of carbonyl (C=O) groups is 2. The van der Waals surface area contributed by atoms with Gasteiger partial charge in [0.05, 0.1) is 12.8 Å². The Hall–Kier alpha value is -1.88. The molecule has 1 aliphatic heterocycles. The second kappa shape index (κ2) is 5.64. The highest BCUT2D eigenvalue weighted by Crippen LogP contribution is 2.24. The van der Waals surface area contributed by atoms with E-state index in [-0.39, 0.29) is 18.5 Å². The van der Waals surface area contributed by atoms with E-state index in [9.17, 15) is 9.59 Å². The molecule has 1 amide bonds. The van der Waals surface area contributed by atoms with Gasteiger partial charge in [0.2, 0.25) is 5.91 Å². The zero-order valence-electron chi connectivity index (χ0n) is 10.3. The van der Waals surface area contributed by atoms with Crippen molar-refractivity contribution in [2.45, 2.75) is 19.4 Å². The van der Waals surface area contributed by atoms with Crippen molar-refractivity contribution in [1.29, 1.82) is 0 Å². The van der Waals surface area contributed by atoms with Gasteiger partial charge in [-0.3, -0.25) is 9.59 Å². The number of amides is 1. The molecule has 0 radical (unpaired) electrons. The Bertz CT molecular complexity index is 471. The lowest BCUT2D eigenvalue weighted by molar-refractivity contribution is -0.144. The summed E-state index contributed by atoms with van der Waals surface area (Å²) in [7, 11) is 1.79. The van der Waals surface area contributed by atoms with Gasteiger partial charge in [0.15, 0.2) is 0 Å². The Kier molecular flexibility index (Phi) is 3.94. The van der Waals surface area contributed by atoms with Crippen LogP contribution in [0.1, 0.15) is 17.5 Å². The third kappa shape index (κ3) is 3.07. The van der Waals surface area contributed by atoms with Crippen LogP contribution in [0.25, 0.3) is 0 Å². The predicted molar refractivity (Wildman–Crippen MR) is 67.1 cm³/mol. The van der Waals surface area contributed by atoms with Gasteiger partial charge < -0.3 is 15.4 Å². The van der Waals surface area contributed by atoms with Crippen LogP contribution in [0.3, 0.4) is 0 Å². The maximum Gasteiger partial charge on any atom is 0.307 e. The lowest BCUT2D eigenvalue weighted by atomic mass is 10.1.